The van der Waals surface area contributed by atoms with Gasteiger partial charge in [-0.05, 0) is 41.9 Å². The number of carbonyl (C=O) groups is 1. The summed E-state index contributed by atoms with van der Waals surface area (Å²) < 4.78 is 0. The molecule has 0 aromatic heterocycles. The molecule has 1 aromatic rings. The predicted molar refractivity (Wildman–Crippen MR) is 83.6 cm³/mol. The standard InChI is InChI=1S/C16H19Cl2NO/c1-16(2)6-4-3-5-11(16)13-10-7-9(17)8-12(18)14(10)19-15(13)20/h7-8,11,13H,3-6H2,1-2H3,(H,19,20). The molecule has 20 heavy (non-hydrogen) atoms. The normalized spacial score (nSPS) is 28.1. The minimum absolute atomic E-state index is 0.0733. The van der Waals surface area contributed by atoms with Crippen molar-refractivity contribution >= 4 is 34.8 Å². The molecule has 108 valence electrons. The molecule has 1 fully saturated rings. The van der Waals surface area contributed by atoms with Crippen LogP contribution in [0.25, 0.3) is 0 Å². The van der Waals surface area contributed by atoms with E-state index in [-0.39, 0.29) is 17.2 Å². The molecule has 1 aliphatic carbocycles. The molecule has 0 saturated heterocycles. The van der Waals surface area contributed by atoms with Crippen molar-refractivity contribution in [1.29, 1.82) is 0 Å². The van der Waals surface area contributed by atoms with Crippen LogP contribution in [0, 0.1) is 11.3 Å². The minimum Gasteiger partial charge on any atom is -0.324 e. The zero-order chi connectivity index (χ0) is 14.5. The van der Waals surface area contributed by atoms with Crippen LogP contribution in [0.4, 0.5) is 5.69 Å². The fraction of sp³-hybridized carbons (Fsp3) is 0.562. The molecule has 2 aliphatic rings. The van der Waals surface area contributed by atoms with Gasteiger partial charge in [-0.3, -0.25) is 4.79 Å². The van der Waals surface area contributed by atoms with Crippen LogP contribution in [-0.2, 0) is 4.79 Å². The van der Waals surface area contributed by atoms with Gasteiger partial charge in [-0.25, -0.2) is 0 Å². The van der Waals surface area contributed by atoms with E-state index in [2.05, 4.69) is 19.2 Å². The number of halogens is 2. The lowest BCUT2D eigenvalue weighted by atomic mass is 9.63. The van der Waals surface area contributed by atoms with Gasteiger partial charge in [0.25, 0.3) is 0 Å². The van der Waals surface area contributed by atoms with E-state index in [0.29, 0.717) is 16.0 Å². The molecule has 1 saturated carbocycles. The Hall–Kier alpha value is -0.730. The number of nitrogens with one attached hydrogen (secondary N) is 1. The zero-order valence-electron chi connectivity index (χ0n) is 11.8. The number of anilines is 1. The van der Waals surface area contributed by atoms with Crippen molar-refractivity contribution in [2.75, 3.05) is 5.32 Å². The largest absolute Gasteiger partial charge is 0.324 e. The van der Waals surface area contributed by atoms with Gasteiger partial charge >= 0.3 is 0 Å². The summed E-state index contributed by atoms with van der Waals surface area (Å²) in [5.41, 5.74) is 1.91. The van der Waals surface area contributed by atoms with E-state index in [1.165, 1.54) is 19.3 Å². The molecule has 0 spiro atoms. The second-order valence-corrected chi connectivity index (χ2v) is 7.50. The summed E-state index contributed by atoms with van der Waals surface area (Å²) in [5.74, 6) is 0.313. The maximum atomic E-state index is 12.5. The summed E-state index contributed by atoms with van der Waals surface area (Å²) in [5, 5.41) is 4.09. The summed E-state index contributed by atoms with van der Waals surface area (Å²) in [7, 11) is 0. The molecular formula is C16H19Cl2NO. The van der Waals surface area contributed by atoms with E-state index in [1.807, 2.05) is 6.07 Å². The summed E-state index contributed by atoms with van der Waals surface area (Å²) in [6.45, 7) is 4.54. The first-order valence-electron chi connectivity index (χ1n) is 7.20. The molecule has 1 aromatic carbocycles. The lowest BCUT2D eigenvalue weighted by Crippen LogP contribution is -2.35. The molecule has 1 amide bonds. The molecule has 3 rings (SSSR count). The monoisotopic (exact) mass is 311 g/mol. The molecular weight excluding hydrogens is 293 g/mol. The first-order chi connectivity index (χ1) is 9.40. The maximum Gasteiger partial charge on any atom is 0.232 e. The topological polar surface area (TPSA) is 29.1 Å². The van der Waals surface area contributed by atoms with Gasteiger partial charge in [0.1, 0.15) is 0 Å². The molecule has 2 atom stereocenters. The lowest BCUT2D eigenvalue weighted by molar-refractivity contribution is -0.119. The smallest absolute Gasteiger partial charge is 0.232 e. The van der Waals surface area contributed by atoms with Crippen LogP contribution in [0.3, 0.4) is 0 Å². The van der Waals surface area contributed by atoms with E-state index in [0.717, 1.165) is 17.7 Å². The number of carbonyl (C=O) groups excluding carboxylic acids is 1. The highest BCUT2D eigenvalue weighted by atomic mass is 35.5. The predicted octanol–water partition coefficient (Wildman–Crippen LogP) is 5.25. The third-order valence-electron chi connectivity index (χ3n) is 4.94. The van der Waals surface area contributed by atoms with Gasteiger partial charge in [0.05, 0.1) is 16.6 Å². The number of fused-ring (bicyclic) bond motifs is 1. The lowest BCUT2D eigenvalue weighted by Gasteiger charge is -2.41. The number of hydrogen-bond donors (Lipinski definition) is 1. The van der Waals surface area contributed by atoms with Crippen molar-refractivity contribution in [1.82, 2.24) is 0 Å². The van der Waals surface area contributed by atoms with Crippen LogP contribution in [0.2, 0.25) is 10.0 Å². The van der Waals surface area contributed by atoms with Crippen LogP contribution in [-0.4, -0.2) is 5.91 Å². The Kier molecular flexibility index (Phi) is 3.50. The van der Waals surface area contributed by atoms with Gasteiger partial charge in [-0.2, -0.15) is 0 Å². The fourth-order valence-electron chi connectivity index (χ4n) is 3.85. The third-order valence-corrected chi connectivity index (χ3v) is 5.46. The second-order valence-electron chi connectivity index (χ2n) is 6.66. The number of hydrogen-bond acceptors (Lipinski definition) is 1. The van der Waals surface area contributed by atoms with Gasteiger partial charge in [-0.15, -0.1) is 0 Å². The van der Waals surface area contributed by atoms with E-state index >= 15 is 0 Å². The maximum absolute atomic E-state index is 12.5. The average molecular weight is 312 g/mol. The highest BCUT2D eigenvalue weighted by Gasteiger charge is 2.45. The highest BCUT2D eigenvalue weighted by Crippen LogP contribution is 2.52. The van der Waals surface area contributed by atoms with Crippen LogP contribution in [0.1, 0.15) is 51.0 Å². The number of amides is 1. The summed E-state index contributed by atoms with van der Waals surface area (Å²) in [6, 6.07) is 3.59. The Labute approximate surface area is 129 Å². The van der Waals surface area contributed by atoms with Crippen molar-refractivity contribution in [3.63, 3.8) is 0 Å². The van der Waals surface area contributed by atoms with E-state index < -0.39 is 0 Å². The molecule has 0 bridgehead atoms. The third kappa shape index (κ3) is 2.23. The van der Waals surface area contributed by atoms with Crippen molar-refractivity contribution in [3.05, 3.63) is 27.7 Å². The quantitative estimate of drug-likeness (QED) is 0.754. The van der Waals surface area contributed by atoms with Crippen LogP contribution in [0.15, 0.2) is 12.1 Å². The van der Waals surface area contributed by atoms with Crippen LogP contribution < -0.4 is 5.32 Å². The summed E-state index contributed by atoms with van der Waals surface area (Å²) >= 11 is 12.3. The molecule has 4 heteroatoms. The number of rotatable bonds is 1. The van der Waals surface area contributed by atoms with E-state index in [1.54, 1.807) is 6.07 Å². The molecule has 2 unspecified atom stereocenters. The first-order valence-corrected chi connectivity index (χ1v) is 7.95. The van der Waals surface area contributed by atoms with Crippen molar-refractivity contribution in [2.24, 2.45) is 11.3 Å². The zero-order valence-corrected chi connectivity index (χ0v) is 13.3. The number of benzene rings is 1. The Morgan fingerprint density at radius 2 is 2.00 bits per heavy atom. The Morgan fingerprint density at radius 3 is 2.70 bits per heavy atom. The first kappa shape index (κ1) is 14.2. The van der Waals surface area contributed by atoms with Crippen LogP contribution in [0.5, 0.6) is 0 Å². The molecule has 1 N–H and O–H groups in total. The van der Waals surface area contributed by atoms with Crippen molar-refractivity contribution < 1.29 is 4.79 Å². The molecule has 2 nitrogen and oxygen atoms in total. The fourth-order valence-corrected chi connectivity index (χ4v) is 4.41. The second kappa shape index (κ2) is 4.92. The molecule has 1 aliphatic heterocycles. The Bertz CT molecular complexity index is 568. The van der Waals surface area contributed by atoms with Gasteiger partial charge in [0.2, 0.25) is 5.91 Å². The van der Waals surface area contributed by atoms with Crippen molar-refractivity contribution in [2.45, 2.75) is 45.4 Å². The highest BCUT2D eigenvalue weighted by molar-refractivity contribution is 6.37. The summed E-state index contributed by atoms with van der Waals surface area (Å²) in [4.78, 5) is 12.5. The van der Waals surface area contributed by atoms with Gasteiger partial charge in [0.15, 0.2) is 0 Å². The Balaban J connectivity index is 2.06. The summed E-state index contributed by atoms with van der Waals surface area (Å²) in [6.07, 6.45) is 4.71. The van der Waals surface area contributed by atoms with Gasteiger partial charge < -0.3 is 5.32 Å². The molecule has 1 heterocycles. The minimum atomic E-state index is -0.114. The van der Waals surface area contributed by atoms with Crippen LogP contribution >= 0.6 is 23.2 Å². The van der Waals surface area contributed by atoms with Gasteiger partial charge in [0, 0.05) is 5.02 Å². The average Bonchev–Trinajstić information content (AvgIpc) is 2.66. The SMILES string of the molecule is CC1(C)CCCCC1C1C(=O)Nc2c(Cl)cc(Cl)cc21. The van der Waals surface area contributed by atoms with Crippen molar-refractivity contribution in [3.8, 4) is 0 Å². The Morgan fingerprint density at radius 1 is 1.25 bits per heavy atom. The van der Waals surface area contributed by atoms with Gasteiger partial charge in [-0.1, -0.05) is 49.9 Å². The molecule has 0 radical (unpaired) electrons. The van der Waals surface area contributed by atoms with E-state index in [4.69, 9.17) is 23.2 Å². The van der Waals surface area contributed by atoms with E-state index in [9.17, 15) is 4.79 Å².